The Labute approximate surface area is 75.1 Å². The average molecular weight is 175 g/mol. The monoisotopic (exact) mass is 175 g/mol. The van der Waals surface area contributed by atoms with E-state index >= 15 is 0 Å². The van der Waals surface area contributed by atoms with Gasteiger partial charge in [-0.3, -0.25) is 0 Å². The van der Waals surface area contributed by atoms with Crippen LogP contribution >= 0.6 is 11.8 Å². The van der Waals surface area contributed by atoms with Crippen LogP contribution in [0.3, 0.4) is 0 Å². The fourth-order valence-electron chi connectivity index (χ4n) is 0.948. The van der Waals surface area contributed by atoms with Crippen molar-refractivity contribution in [3.63, 3.8) is 0 Å². The Balaban J connectivity index is 3.29. The fourth-order valence-corrected chi connectivity index (χ4v) is 2.10. The molecule has 68 valence electrons. The van der Waals surface area contributed by atoms with Crippen molar-refractivity contribution in [2.24, 2.45) is 11.7 Å². The second kappa shape index (κ2) is 5.90. The van der Waals surface area contributed by atoms with E-state index in [4.69, 9.17) is 5.73 Å². The molecule has 2 unspecified atom stereocenters. The molecule has 0 aromatic heterocycles. The smallest absolute Gasteiger partial charge is 0.00334 e. The lowest BCUT2D eigenvalue weighted by Gasteiger charge is -2.14. The third-order valence-electron chi connectivity index (χ3n) is 1.42. The topological polar surface area (TPSA) is 26.0 Å². The van der Waals surface area contributed by atoms with E-state index in [-0.39, 0.29) is 0 Å². The highest BCUT2D eigenvalue weighted by molar-refractivity contribution is 7.99. The van der Waals surface area contributed by atoms with Crippen LogP contribution in [-0.4, -0.2) is 17.0 Å². The van der Waals surface area contributed by atoms with Gasteiger partial charge < -0.3 is 5.73 Å². The van der Waals surface area contributed by atoms with Crippen molar-refractivity contribution in [3.05, 3.63) is 0 Å². The largest absolute Gasteiger partial charge is 0.328 e. The van der Waals surface area contributed by atoms with Crippen LogP contribution in [0.1, 0.15) is 34.1 Å². The molecule has 0 saturated carbocycles. The molecule has 0 aliphatic carbocycles. The normalized spacial score (nSPS) is 16.9. The first-order valence-corrected chi connectivity index (χ1v) is 5.44. The molecule has 0 saturated heterocycles. The van der Waals surface area contributed by atoms with Crippen LogP contribution in [0.15, 0.2) is 0 Å². The van der Waals surface area contributed by atoms with Crippen molar-refractivity contribution in [2.45, 2.75) is 45.4 Å². The molecule has 0 aliphatic rings. The first kappa shape index (κ1) is 11.3. The first-order valence-electron chi connectivity index (χ1n) is 4.39. The molecule has 2 atom stereocenters. The van der Waals surface area contributed by atoms with Crippen molar-refractivity contribution in [1.82, 2.24) is 0 Å². The molecule has 1 nitrogen and oxygen atoms in total. The molecule has 0 bridgehead atoms. The summed E-state index contributed by atoms with van der Waals surface area (Å²) in [4.78, 5) is 0. The predicted octanol–water partition coefficient (Wildman–Crippen LogP) is 2.50. The molecular formula is C9H21NS. The van der Waals surface area contributed by atoms with Crippen LogP contribution in [0.25, 0.3) is 0 Å². The minimum absolute atomic E-state index is 0.352. The lowest BCUT2D eigenvalue weighted by molar-refractivity contribution is 0.659. The zero-order chi connectivity index (χ0) is 8.85. The van der Waals surface area contributed by atoms with E-state index in [1.165, 1.54) is 5.75 Å². The van der Waals surface area contributed by atoms with Gasteiger partial charge in [0.2, 0.25) is 0 Å². The zero-order valence-electron chi connectivity index (χ0n) is 8.13. The molecule has 0 radical (unpaired) electrons. The van der Waals surface area contributed by atoms with Crippen molar-refractivity contribution < 1.29 is 0 Å². The maximum atomic E-state index is 5.69. The highest BCUT2D eigenvalue weighted by atomic mass is 32.2. The third kappa shape index (κ3) is 8.21. The molecule has 0 aliphatic heterocycles. The number of nitrogens with two attached hydrogens (primary N) is 1. The maximum absolute atomic E-state index is 5.69. The van der Waals surface area contributed by atoms with Gasteiger partial charge in [-0.1, -0.05) is 20.8 Å². The summed E-state index contributed by atoms with van der Waals surface area (Å²) in [5.74, 6) is 2.06. The minimum atomic E-state index is 0.352. The van der Waals surface area contributed by atoms with Gasteiger partial charge in [0.25, 0.3) is 0 Å². The Kier molecular flexibility index (Phi) is 6.06. The number of thioether (sulfide) groups is 1. The quantitative estimate of drug-likeness (QED) is 0.695. The molecular weight excluding hydrogens is 154 g/mol. The minimum Gasteiger partial charge on any atom is -0.328 e. The zero-order valence-corrected chi connectivity index (χ0v) is 8.95. The van der Waals surface area contributed by atoms with Gasteiger partial charge in [0, 0.05) is 11.3 Å². The van der Waals surface area contributed by atoms with Crippen molar-refractivity contribution in [2.75, 3.05) is 5.75 Å². The van der Waals surface area contributed by atoms with E-state index in [1.54, 1.807) is 0 Å². The summed E-state index contributed by atoms with van der Waals surface area (Å²) in [6.07, 6.45) is 1.14. The van der Waals surface area contributed by atoms with E-state index in [0.717, 1.165) is 17.6 Å². The fraction of sp³-hybridized carbons (Fsp3) is 1.00. The molecule has 0 heterocycles. The van der Waals surface area contributed by atoms with E-state index < -0.39 is 0 Å². The van der Waals surface area contributed by atoms with Crippen LogP contribution < -0.4 is 5.73 Å². The average Bonchev–Trinajstić information content (AvgIpc) is 1.82. The summed E-state index contributed by atoms with van der Waals surface area (Å²) in [6.45, 7) is 8.85. The Morgan fingerprint density at radius 2 is 1.73 bits per heavy atom. The molecule has 0 aromatic rings. The standard InChI is InChI=1S/C9H21NS/c1-7(2)6-11-9(4)5-8(3)10/h7-9H,5-6,10H2,1-4H3. The van der Waals surface area contributed by atoms with Gasteiger partial charge in [-0.25, -0.2) is 0 Å². The Morgan fingerprint density at radius 1 is 1.18 bits per heavy atom. The van der Waals surface area contributed by atoms with Gasteiger partial charge in [0.1, 0.15) is 0 Å². The Morgan fingerprint density at radius 3 is 2.09 bits per heavy atom. The molecule has 0 spiro atoms. The molecule has 0 fully saturated rings. The highest BCUT2D eigenvalue weighted by Crippen LogP contribution is 2.17. The molecule has 2 heteroatoms. The summed E-state index contributed by atoms with van der Waals surface area (Å²) >= 11 is 2.03. The first-order chi connectivity index (χ1) is 5.02. The van der Waals surface area contributed by atoms with E-state index in [0.29, 0.717) is 6.04 Å². The molecule has 11 heavy (non-hydrogen) atoms. The van der Waals surface area contributed by atoms with Crippen molar-refractivity contribution in [1.29, 1.82) is 0 Å². The maximum Gasteiger partial charge on any atom is 0.00334 e. The van der Waals surface area contributed by atoms with Crippen molar-refractivity contribution in [3.8, 4) is 0 Å². The summed E-state index contributed by atoms with van der Waals surface area (Å²) < 4.78 is 0. The van der Waals surface area contributed by atoms with Gasteiger partial charge in [-0.15, -0.1) is 0 Å². The summed E-state index contributed by atoms with van der Waals surface area (Å²) in [5.41, 5.74) is 5.69. The van der Waals surface area contributed by atoms with Gasteiger partial charge in [-0.05, 0) is 25.0 Å². The number of hydrogen-bond acceptors (Lipinski definition) is 2. The van der Waals surface area contributed by atoms with Gasteiger partial charge in [-0.2, -0.15) is 11.8 Å². The lowest BCUT2D eigenvalue weighted by Crippen LogP contribution is -2.19. The van der Waals surface area contributed by atoms with E-state index in [1.807, 2.05) is 11.8 Å². The third-order valence-corrected chi connectivity index (χ3v) is 3.04. The summed E-state index contributed by atoms with van der Waals surface area (Å²) in [7, 11) is 0. The molecule has 0 amide bonds. The number of hydrogen-bond donors (Lipinski definition) is 1. The Hall–Kier alpha value is 0.310. The van der Waals surface area contributed by atoms with Crippen LogP contribution in [0.5, 0.6) is 0 Å². The van der Waals surface area contributed by atoms with Crippen LogP contribution in [-0.2, 0) is 0 Å². The second-order valence-corrected chi connectivity index (χ2v) is 5.22. The van der Waals surface area contributed by atoms with Crippen molar-refractivity contribution >= 4 is 11.8 Å². The van der Waals surface area contributed by atoms with Crippen LogP contribution in [0, 0.1) is 5.92 Å². The van der Waals surface area contributed by atoms with E-state index in [2.05, 4.69) is 27.7 Å². The molecule has 0 rings (SSSR count). The Bertz CT molecular complexity index is 91.6. The van der Waals surface area contributed by atoms with Gasteiger partial charge in [0.15, 0.2) is 0 Å². The molecule has 2 N–H and O–H groups in total. The second-order valence-electron chi connectivity index (χ2n) is 3.75. The van der Waals surface area contributed by atoms with Gasteiger partial charge >= 0.3 is 0 Å². The summed E-state index contributed by atoms with van der Waals surface area (Å²) in [6, 6.07) is 0.352. The lowest BCUT2D eigenvalue weighted by atomic mass is 10.2. The molecule has 0 aromatic carbocycles. The van der Waals surface area contributed by atoms with Crippen LogP contribution in [0.2, 0.25) is 0 Å². The van der Waals surface area contributed by atoms with Crippen LogP contribution in [0.4, 0.5) is 0 Å². The highest BCUT2D eigenvalue weighted by Gasteiger charge is 2.05. The predicted molar refractivity (Wildman–Crippen MR) is 55.0 cm³/mol. The number of rotatable bonds is 5. The SMILES string of the molecule is CC(C)CSC(C)CC(C)N. The van der Waals surface area contributed by atoms with Gasteiger partial charge in [0.05, 0.1) is 0 Å². The van der Waals surface area contributed by atoms with E-state index in [9.17, 15) is 0 Å². The summed E-state index contributed by atoms with van der Waals surface area (Å²) in [5, 5.41) is 0.720.